The van der Waals surface area contributed by atoms with Gasteiger partial charge in [-0.1, -0.05) is 25.4 Å². The van der Waals surface area contributed by atoms with Crippen molar-refractivity contribution in [2.24, 2.45) is 0 Å². The first-order valence-electron chi connectivity index (χ1n) is 6.98. The Morgan fingerprint density at radius 3 is 2.55 bits per heavy atom. The Hall–Kier alpha value is -0.910. The molecular formula is C14H22ClN3O2. The van der Waals surface area contributed by atoms with Gasteiger partial charge in [0.2, 0.25) is 0 Å². The maximum absolute atomic E-state index is 9.75. The van der Waals surface area contributed by atoms with Crippen LogP contribution in [0.4, 0.5) is 5.82 Å². The minimum Gasteiger partial charge on any atom is -0.394 e. The zero-order valence-electron chi connectivity index (χ0n) is 12.2. The van der Waals surface area contributed by atoms with E-state index < -0.39 is 0 Å². The molecule has 112 valence electrons. The Kier molecular flexibility index (Phi) is 4.83. The normalized spacial score (nSPS) is 18.3. The number of aromatic nitrogens is 2. The third-order valence-electron chi connectivity index (χ3n) is 3.76. The lowest BCUT2D eigenvalue weighted by atomic mass is 9.91. The van der Waals surface area contributed by atoms with E-state index in [1.54, 1.807) is 0 Å². The Bertz CT molecular complexity index is 474. The highest BCUT2D eigenvalue weighted by molar-refractivity contribution is 6.30. The average Bonchev–Trinajstić information content (AvgIpc) is 2.44. The monoisotopic (exact) mass is 299 g/mol. The molecule has 0 aliphatic carbocycles. The van der Waals surface area contributed by atoms with Gasteiger partial charge in [0, 0.05) is 24.7 Å². The Labute approximate surface area is 124 Å². The van der Waals surface area contributed by atoms with Crippen molar-refractivity contribution in [3.05, 3.63) is 16.5 Å². The second-order valence-electron chi connectivity index (χ2n) is 5.68. The van der Waals surface area contributed by atoms with Crippen LogP contribution in [0, 0.1) is 6.92 Å². The summed E-state index contributed by atoms with van der Waals surface area (Å²) >= 11 is 6.19. The summed E-state index contributed by atoms with van der Waals surface area (Å²) in [5.41, 5.74) is 0.435. The molecular weight excluding hydrogens is 278 g/mol. The van der Waals surface area contributed by atoms with E-state index in [2.05, 4.69) is 15.3 Å². The van der Waals surface area contributed by atoms with Gasteiger partial charge in [0.25, 0.3) is 0 Å². The molecule has 5 nitrogen and oxygen atoms in total. The van der Waals surface area contributed by atoms with E-state index in [0.29, 0.717) is 30.0 Å². The zero-order chi connectivity index (χ0) is 14.8. The van der Waals surface area contributed by atoms with Crippen molar-refractivity contribution in [1.29, 1.82) is 0 Å². The summed E-state index contributed by atoms with van der Waals surface area (Å²) in [5.74, 6) is 1.63. The molecule has 0 amide bonds. The van der Waals surface area contributed by atoms with Crippen molar-refractivity contribution in [3.8, 4) is 0 Å². The molecule has 0 atom stereocenters. The summed E-state index contributed by atoms with van der Waals surface area (Å²) in [5, 5.41) is 13.6. The summed E-state index contributed by atoms with van der Waals surface area (Å²) in [6.45, 7) is 7.28. The minimum absolute atomic E-state index is 0.0500. The van der Waals surface area contributed by atoms with Crippen molar-refractivity contribution in [1.82, 2.24) is 9.97 Å². The summed E-state index contributed by atoms with van der Waals surface area (Å²) in [7, 11) is 0. The molecule has 1 aromatic rings. The molecule has 0 radical (unpaired) electrons. The quantitative estimate of drug-likeness (QED) is 0.836. The molecule has 1 aliphatic heterocycles. The summed E-state index contributed by atoms with van der Waals surface area (Å²) in [4.78, 5) is 8.86. The van der Waals surface area contributed by atoms with Gasteiger partial charge in [-0.15, -0.1) is 0 Å². The molecule has 1 saturated heterocycles. The van der Waals surface area contributed by atoms with Crippen molar-refractivity contribution in [2.45, 2.75) is 45.1 Å². The number of hydrogen-bond acceptors (Lipinski definition) is 5. The first kappa shape index (κ1) is 15.5. The van der Waals surface area contributed by atoms with Gasteiger partial charge in [0.15, 0.2) is 0 Å². The minimum atomic E-state index is -0.380. The fraction of sp³-hybridized carbons (Fsp3) is 0.714. The maximum atomic E-state index is 9.75. The molecule has 0 spiro atoms. The third kappa shape index (κ3) is 3.22. The second-order valence-corrected chi connectivity index (χ2v) is 6.03. The molecule has 0 saturated carbocycles. The fourth-order valence-corrected chi connectivity index (χ4v) is 2.40. The smallest absolute Gasteiger partial charge is 0.137 e. The molecule has 0 aromatic carbocycles. The van der Waals surface area contributed by atoms with E-state index in [-0.39, 0.29) is 18.1 Å². The van der Waals surface area contributed by atoms with Crippen LogP contribution in [-0.2, 0) is 4.74 Å². The van der Waals surface area contributed by atoms with Gasteiger partial charge in [-0.25, -0.2) is 9.97 Å². The van der Waals surface area contributed by atoms with Crippen molar-refractivity contribution < 1.29 is 9.84 Å². The van der Waals surface area contributed by atoms with Gasteiger partial charge in [0.05, 0.1) is 12.1 Å². The molecule has 0 unspecified atom stereocenters. The predicted octanol–water partition coefficient (Wildman–Crippen LogP) is 2.52. The van der Waals surface area contributed by atoms with Crippen molar-refractivity contribution in [3.63, 3.8) is 0 Å². The first-order valence-corrected chi connectivity index (χ1v) is 7.36. The first-order chi connectivity index (χ1) is 9.47. The van der Waals surface area contributed by atoms with Crippen LogP contribution in [-0.4, -0.2) is 40.4 Å². The number of aliphatic hydroxyl groups excluding tert-OH is 1. The molecule has 2 N–H and O–H groups in total. The fourth-order valence-electron chi connectivity index (χ4n) is 2.22. The van der Waals surface area contributed by atoms with Crippen LogP contribution in [0.25, 0.3) is 0 Å². The van der Waals surface area contributed by atoms with Gasteiger partial charge in [-0.05, 0) is 19.8 Å². The van der Waals surface area contributed by atoms with E-state index in [9.17, 15) is 5.11 Å². The lowest BCUT2D eigenvalue weighted by Crippen LogP contribution is -2.47. The molecule has 2 rings (SSSR count). The molecule has 6 heteroatoms. The number of hydrogen-bond donors (Lipinski definition) is 2. The highest BCUT2D eigenvalue weighted by Crippen LogP contribution is 2.29. The number of nitrogens with one attached hydrogen (secondary N) is 1. The van der Waals surface area contributed by atoms with Crippen LogP contribution in [0.3, 0.4) is 0 Å². The van der Waals surface area contributed by atoms with Crippen LogP contribution in [0.15, 0.2) is 0 Å². The number of anilines is 1. The van der Waals surface area contributed by atoms with Crippen molar-refractivity contribution in [2.75, 3.05) is 25.1 Å². The maximum Gasteiger partial charge on any atom is 0.137 e. The van der Waals surface area contributed by atoms with Crippen molar-refractivity contribution >= 4 is 17.4 Å². The summed E-state index contributed by atoms with van der Waals surface area (Å²) in [6, 6.07) is 0. The topological polar surface area (TPSA) is 67.3 Å². The van der Waals surface area contributed by atoms with Crippen LogP contribution >= 0.6 is 11.6 Å². The molecule has 1 aromatic heterocycles. The average molecular weight is 300 g/mol. The highest BCUT2D eigenvalue weighted by atomic mass is 35.5. The van der Waals surface area contributed by atoms with E-state index >= 15 is 0 Å². The SMILES string of the molecule is Cc1c(Cl)nc(C(C)C)nc1NC1(CO)CCOCC1. The predicted molar refractivity (Wildman–Crippen MR) is 79.4 cm³/mol. The Morgan fingerprint density at radius 1 is 1.35 bits per heavy atom. The molecule has 1 aliphatic rings. The number of aliphatic hydroxyl groups is 1. The number of rotatable bonds is 4. The number of halogens is 1. The lowest BCUT2D eigenvalue weighted by Gasteiger charge is -2.37. The van der Waals surface area contributed by atoms with Gasteiger partial charge in [-0.2, -0.15) is 0 Å². The van der Waals surface area contributed by atoms with Gasteiger partial charge >= 0.3 is 0 Å². The Balaban J connectivity index is 2.31. The van der Waals surface area contributed by atoms with Gasteiger partial charge < -0.3 is 15.2 Å². The zero-order valence-corrected chi connectivity index (χ0v) is 13.0. The van der Waals surface area contributed by atoms with Crippen LogP contribution in [0.2, 0.25) is 5.15 Å². The molecule has 2 heterocycles. The molecule has 20 heavy (non-hydrogen) atoms. The summed E-state index contributed by atoms with van der Waals surface area (Å²) in [6.07, 6.45) is 1.50. The second kappa shape index (κ2) is 6.24. The van der Waals surface area contributed by atoms with Gasteiger partial charge in [0.1, 0.15) is 16.8 Å². The van der Waals surface area contributed by atoms with E-state index in [0.717, 1.165) is 18.4 Å². The Morgan fingerprint density at radius 2 is 2.00 bits per heavy atom. The highest BCUT2D eigenvalue weighted by Gasteiger charge is 2.33. The van der Waals surface area contributed by atoms with Gasteiger partial charge in [-0.3, -0.25) is 0 Å². The van der Waals surface area contributed by atoms with Crippen LogP contribution in [0.1, 0.15) is 44.0 Å². The van der Waals surface area contributed by atoms with E-state index in [4.69, 9.17) is 16.3 Å². The summed E-state index contributed by atoms with van der Waals surface area (Å²) < 4.78 is 5.37. The third-order valence-corrected chi connectivity index (χ3v) is 4.12. The molecule has 0 bridgehead atoms. The van der Waals surface area contributed by atoms with Crippen LogP contribution < -0.4 is 5.32 Å². The number of ether oxygens (including phenoxy) is 1. The van der Waals surface area contributed by atoms with E-state index in [1.807, 2.05) is 20.8 Å². The molecule has 1 fully saturated rings. The number of nitrogens with zero attached hydrogens (tertiary/aromatic N) is 2. The lowest BCUT2D eigenvalue weighted by molar-refractivity contribution is 0.0378. The standard InChI is InChI=1S/C14H22ClN3O2/c1-9(2)12-16-11(15)10(3)13(17-12)18-14(8-19)4-6-20-7-5-14/h9,19H,4-8H2,1-3H3,(H,16,17,18). The largest absolute Gasteiger partial charge is 0.394 e. The van der Waals surface area contributed by atoms with Crippen LogP contribution in [0.5, 0.6) is 0 Å². The van der Waals surface area contributed by atoms with E-state index in [1.165, 1.54) is 0 Å².